The number of nitrogen functional groups attached to an aromatic ring is 1. The Morgan fingerprint density at radius 2 is 2.50 bits per heavy atom. The molecule has 0 aliphatic carbocycles. The van der Waals surface area contributed by atoms with Crippen LogP contribution in [0.2, 0.25) is 0 Å². The lowest BCUT2D eigenvalue weighted by atomic mass is 10.2. The summed E-state index contributed by atoms with van der Waals surface area (Å²) in [4.78, 5) is 18.9. The van der Waals surface area contributed by atoms with E-state index >= 15 is 0 Å². The lowest BCUT2D eigenvalue weighted by Crippen LogP contribution is -2.46. The third-order valence-electron chi connectivity index (χ3n) is 3.31. The number of pyridine rings is 1. The first kappa shape index (κ1) is 13.3. The zero-order valence-corrected chi connectivity index (χ0v) is 11.6. The molecule has 0 bridgehead atoms. The van der Waals surface area contributed by atoms with Crippen LogP contribution in [0.1, 0.15) is 9.67 Å². The lowest BCUT2D eigenvalue weighted by Gasteiger charge is -2.31. The van der Waals surface area contributed by atoms with E-state index in [9.17, 15) is 4.79 Å². The molecule has 2 aromatic rings. The van der Waals surface area contributed by atoms with Crippen LogP contribution in [0.25, 0.3) is 10.2 Å². The third kappa shape index (κ3) is 2.24. The minimum atomic E-state index is -0.318. The second kappa shape index (κ2) is 5.35. The van der Waals surface area contributed by atoms with Crippen LogP contribution in [0, 0.1) is 0 Å². The van der Waals surface area contributed by atoms with Gasteiger partial charge in [0.15, 0.2) is 0 Å². The number of hydrogen-bond donors (Lipinski definition) is 2. The maximum atomic E-state index is 12.5. The van der Waals surface area contributed by atoms with Crippen LogP contribution in [0.4, 0.5) is 5.69 Å². The van der Waals surface area contributed by atoms with Crippen molar-refractivity contribution in [3.8, 4) is 0 Å². The monoisotopic (exact) mass is 293 g/mol. The fourth-order valence-corrected chi connectivity index (χ4v) is 3.31. The minimum absolute atomic E-state index is 0.0900. The van der Waals surface area contributed by atoms with Crippen LogP contribution in [-0.4, -0.2) is 53.3 Å². The number of morpholine rings is 1. The molecule has 6 nitrogen and oxygen atoms in total. The number of amides is 1. The normalized spacial score (nSPS) is 19.4. The van der Waals surface area contributed by atoms with Crippen LogP contribution < -0.4 is 5.73 Å². The zero-order valence-electron chi connectivity index (χ0n) is 10.8. The second-order valence-electron chi connectivity index (χ2n) is 4.62. The molecule has 1 fully saturated rings. The van der Waals surface area contributed by atoms with Crippen molar-refractivity contribution in [2.75, 3.05) is 32.0 Å². The largest absolute Gasteiger partial charge is 0.396 e. The quantitative estimate of drug-likeness (QED) is 0.851. The molecule has 0 aromatic carbocycles. The fraction of sp³-hybridized carbons (Fsp3) is 0.385. The first-order valence-electron chi connectivity index (χ1n) is 6.35. The molecule has 2 aromatic heterocycles. The van der Waals surface area contributed by atoms with E-state index in [4.69, 9.17) is 15.6 Å². The van der Waals surface area contributed by atoms with Crippen molar-refractivity contribution in [3.63, 3.8) is 0 Å². The third-order valence-corrected chi connectivity index (χ3v) is 4.45. The molecule has 1 amide bonds. The topological polar surface area (TPSA) is 88.7 Å². The molecule has 1 aliphatic heterocycles. The highest BCUT2D eigenvalue weighted by Crippen LogP contribution is 2.33. The van der Waals surface area contributed by atoms with E-state index in [1.165, 1.54) is 11.3 Å². The fourth-order valence-electron chi connectivity index (χ4n) is 2.26. The molecule has 3 N–H and O–H groups in total. The van der Waals surface area contributed by atoms with Crippen molar-refractivity contribution >= 4 is 33.1 Å². The number of carbonyl (C=O) groups is 1. The van der Waals surface area contributed by atoms with Crippen LogP contribution in [-0.2, 0) is 4.74 Å². The van der Waals surface area contributed by atoms with Gasteiger partial charge in [0, 0.05) is 19.3 Å². The molecule has 7 heteroatoms. The number of aliphatic hydroxyl groups excluding tert-OH is 1. The van der Waals surface area contributed by atoms with Crippen LogP contribution in [0.5, 0.6) is 0 Å². The van der Waals surface area contributed by atoms with Gasteiger partial charge in [-0.15, -0.1) is 11.3 Å². The number of carbonyl (C=O) groups excluding carboxylic acids is 1. The Labute approximate surface area is 119 Å². The summed E-state index contributed by atoms with van der Waals surface area (Å²) in [5.74, 6) is -0.118. The van der Waals surface area contributed by atoms with Crippen molar-refractivity contribution in [1.29, 1.82) is 0 Å². The van der Waals surface area contributed by atoms with Gasteiger partial charge in [-0.05, 0) is 12.1 Å². The molecule has 1 aliphatic rings. The van der Waals surface area contributed by atoms with Crippen molar-refractivity contribution in [3.05, 3.63) is 23.2 Å². The van der Waals surface area contributed by atoms with Gasteiger partial charge in [0.2, 0.25) is 0 Å². The van der Waals surface area contributed by atoms with Crippen molar-refractivity contribution in [2.45, 2.75) is 6.10 Å². The Balaban J connectivity index is 1.90. The Hall–Kier alpha value is -1.70. The van der Waals surface area contributed by atoms with Gasteiger partial charge in [-0.1, -0.05) is 0 Å². The summed E-state index contributed by atoms with van der Waals surface area (Å²) in [5, 5.41) is 9.14. The predicted molar refractivity (Wildman–Crippen MR) is 76.8 cm³/mol. The van der Waals surface area contributed by atoms with Gasteiger partial charge in [-0.25, -0.2) is 0 Å². The van der Waals surface area contributed by atoms with Gasteiger partial charge in [-0.3, -0.25) is 9.78 Å². The molecule has 1 atom stereocenters. The Bertz CT molecular complexity index is 643. The number of thiophene rings is 1. The summed E-state index contributed by atoms with van der Waals surface area (Å²) < 4.78 is 6.25. The number of rotatable bonds is 2. The maximum absolute atomic E-state index is 12.5. The number of anilines is 1. The van der Waals surface area contributed by atoms with Crippen molar-refractivity contribution < 1.29 is 14.6 Å². The van der Waals surface area contributed by atoms with E-state index < -0.39 is 0 Å². The van der Waals surface area contributed by atoms with Gasteiger partial charge in [0.1, 0.15) is 10.4 Å². The highest BCUT2D eigenvalue weighted by Gasteiger charge is 2.27. The molecular formula is C13H15N3O3S. The molecule has 1 saturated heterocycles. The molecular weight excluding hydrogens is 278 g/mol. The Morgan fingerprint density at radius 1 is 1.65 bits per heavy atom. The SMILES string of the molecule is Nc1c(C(=O)N2CCOC(CO)C2)sc2cccnc12. The summed E-state index contributed by atoms with van der Waals surface area (Å²) in [6.07, 6.45) is 1.34. The molecule has 20 heavy (non-hydrogen) atoms. The zero-order chi connectivity index (χ0) is 14.1. The summed E-state index contributed by atoms with van der Waals surface area (Å²) in [5.41, 5.74) is 7.14. The van der Waals surface area contributed by atoms with Gasteiger partial charge in [0.05, 0.1) is 29.7 Å². The average Bonchev–Trinajstić information content (AvgIpc) is 2.84. The molecule has 3 heterocycles. The first-order valence-corrected chi connectivity index (χ1v) is 7.17. The number of ether oxygens (including phenoxy) is 1. The number of nitrogens with two attached hydrogens (primary N) is 1. The van der Waals surface area contributed by atoms with Gasteiger partial charge >= 0.3 is 0 Å². The van der Waals surface area contributed by atoms with Crippen LogP contribution in [0.3, 0.4) is 0 Å². The van der Waals surface area contributed by atoms with E-state index in [0.29, 0.717) is 35.8 Å². The van der Waals surface area contributed by atoms with Crippen molar-refractivity contribution in [2.24, 2.45) is 0 Å². The second-order valence-corrected chi connectivity index (χ2v) is 5.67. The molecule has 106 valence electrons. The number of aliphatic hydroxyl groups is 1. The first-order chi connectivity index (χ1) is 9.70. The van der Waals surface area contributed by atoms with Crippen LogP contribution >= 0.6 is 11.3 Å². The Kier molecular flexibility index (Phi) is 3.56. The van der Waals surface area contributed by atoms with Gasteiger partial charge < -0.3 is 20.5 Å². The lowest BCUT2D eigenvalue weighted by molar-refractivity contribution is -0.0445. The standard InChI is InChI=1S/C13H15N3O3S/c14-10-11-9(2-1-3-15-11)20-12(10)13(18)16-4-5-19-8(6-16)7-17/h1-3,8,17H,4-7,14H2. The van der Waals surface area contributed by atoms with E-state index in [1.54, 1.807) is 11.1 Å². The number of nitrogens with zero attached hydrogens (tertiary/aromatic N) is 2. The highest BCUT2D eigenvalue weighted by atomic mass is 32.1. The Morgan fingerprint density at radius 3 is 3.25 bits per heavy atom. The van der Waals surface area contributed by atoms with Crippen LogP contribution in [0.15, 0.2) is 18.3 Å². The van der Waals surface area contributed by atoms with E-state index in [1.807, 2.05) is 12.1 Å². The summed E-state index contributed by atoms with van der Waals surface area (Å²) in [6, 6.07) is 3.72. The van der Waals surface area contributed by atoms with Gasteiger partial charge in [0.25, 0.3) is 5.91 Å². The summed E-state index contributed by atoms with van der Waals surface area (Å²) >= 11 is 1.35. The highest BCUT2D eigenvalue weighted by molar-refractivity contribution is 7.21. The number of hydrogen-bond acceptors (Lipinski definition) is 6. The van der Waals surface area contributed by atoms with Crippen molar-refractivity contribution in [1.82, 2.24) is 9.88 Å². The minimum Gasteiger partial charge on any atom is -0.396 e. The maximum Gasteiger partial charge on any atom is 0.266 e. The smallest absolute Gasteiger partial charge is 0.266 e. The average molecular weight is 293 g/mol. The molecule has 0 spiro atoms. The van der Waals surface area contributed by atoms with E-state index in [-0.39, 0.29) is 18.6 Å². The summed E-state index contributed by atoms with van der Waals surface area (Å²) in [7, 11) is 0. The number of fused-ring (bicyclic) bond motifs is 1. The molecule has 1 unspecified atom stereocenters. The molecule has 0 saturated carbocycles. The van der Waals surface area contributed by atoms with Gasteiger partial charge in [-0.2, -0.15) is 0 Å². The number of aromatic nitrogens is 1. The molecule has 0 radical (unpaired) electrons. The summed E-state index contributed by atoms with van der Waals surface area (Å²) in [6.45, 7) is 1.24. The predicted octanol–water partition coefficient (Wildman–Crippen LogP) is 0.712. The van der Waals surface area contributed by atoms with E-state index in [2.05, 4.69) is 4.98 Å². The molecule has 3 rings (SSSR count). The van der Waals surface area contributed by atoms with E-state index in [0.717, 1.165) is 4.70 Å².